The van der Waals surface area contributed by atoms with Crippen molar-refractivity contribution in [3.63, 3.8) is 0 Å². The predicted molar refractivity (Wildman–Crippen MR) is 166 cm³/mol. The Balaban J connectivity index is 1.64. The average Bonchev–Trinajstić information content (AvgIpc) is 2.98. The molecule has 10 nitrogen and oxygen atoms in total. The van der Waals surface area contributed by atoms with Gasteiger partial charge in [0.1, 0.15) is 11.9 Å². The monoisotopic (exact) mass is 570 g/mol. The molecule has 2 amide bonds. The van der Waals surface area contributed by atoms with Crippen LogP contribution in [-0.2, 0) is 9.59 Å². The smallest absolute Gasteiger partial charge is 0.246 e. The molecule has 0 spiro atoms. The Bertz CT molecular complexity index is 1350. The molecule has 2 aromatic rings. The van der Waals surface area contributed by atoms with Crippen LogP contribution < -0.4 is 16.0 Å². The summed E-state index contributed by atoms with van der Waals surface area (Å²) in [4.78, 5) is 37.9. The molecule has 10 heteroatoms. The third kappa shape index (κ3) is 9.90. The average molecular weight is 571 g/mol. The summed E-state index contributed by atoms with van der Waals surface area (Å²) in [6.45, 7) is 5.23. The molecule has 0 unspecified atom stereocenters. The zero-order valence-electron chi connectivity index (χ0n) is 25.3. The van der Waals surface area contributed by atoms with E-state index < -0.39 is 6.04 Å². The minimum atomic E-state index is -0.577. The lowest BCUT2D eigenvalue weighted by atomic mass is 9.86. The summed E-state index contributed by atoms with van der Waals surface area (Å²) >= 11 is 0. The van der Waals surface area contributed by atoms with Crippen LogP contribution >= 0.6 is 0 Å². The normalized spacial score (nSPS) is 17.1. The van der Waals surface area contributed by atoms with Crippen LogP contribution in [0.3, 0.4) is 0 Å². The van der Waals surface area contributed by atoms with Gasteiger partial charge in [-0.05, 0) is 64.9 Å². The van der Waals surface area contributed by atoms with E-state index in [-0.39, 0.29) is 23.8 Å². The van der Waals surface area contributed by atoms with Crippen LogP contribution in [0.15, 0.2) is 42.6 Å². The SMILES string of the molecule is CCCNc1nc(Nc2cccc(C#N)c2)ncc1C#C[C@@H]1CCC[C@H](NC(=O)[C@H](C)N(C)C(=O)/C=C/CN(C)C)C1. The van der Waals surface area contributed by atoms with E-state index in [1.54, 1.807) is 44.4 Å². The van der Waals surface area contributed by atoms with Crippen LogP contribution in [0.25, 0.3) is 0 Å². The largest absolute Gasteiger partial charge is 0.369 e. The van der Waals surface area contributed by atoms with Gasteiger partial charge in [-0.1, -0.05) is 37.3 Å². The second-order valence-electron chi connectivity index (χ2n) is 10.8. The molecule has 42 heavy (non-hydrogen) atoms. The van der Waals surface area contributed by atoms with Crippen molar-refractivity contribution in [2.45, 2.75) is 58.0 Å². The van der Waals surface area contributed by atoms with Crippen LogP contribution in [0.5, 0.6) is 0 Å². The third-order valence-electron chi connectivity index (χ3n) is 7.05. The summed E-state index contributed by atoms with van der Waals surface area (Å²) in [5.74, 6) is 7.50. The molecule has 0 bridgehead atoms. The number of aromatic nitrogens is 2. The first kappa shape index (κ1) is 32.1. The first-order chi connectivity index (χ1) is 20.2. The highest BCUT2D eigenvalue weighted by Gasteiger charge is 2.26. The van der Waals surface area contributed by atoms with E-state index in [1.807, 2.05) is 25.1 Å². The summed E-state index contributed by atoms with van der Waals surface area (Å²) in [5.41, 5.74) is 1.99. The number of hydrogen-bond acceptors (Lipinski definition) is 8. The minimum Gasteiger partial charge on any atom is -0.369 e. The Morgan fingerprint density at radius 1 is 1.24 bits per heavy atom. The first-order valence-electron chi connectivity index (χ1n) is 14.5. The number of nitriles is 1. The Morgan fingerprint density at radius 2 is 2.05 bits per heavy atom. The lowest BCUT2D eigenvalue weighted by molar-refractivity contribution is -0.135. The topological polar surface area (TPSA) is 126 Å². The molecule has 0 radical (unpaired) electrons. The number of nitrogens with one attached hydrogen (secondary N) is 3. The summed E-state index contributed by atoms with van der Waals surface area (Å²) in [7, 11) is 5.51. The van der Waals surface area contributed by atoms with Gasteiger partial charge in [-0.15, -0.1) is 0 Å². The maximum absolute atomic E-state index is 12.9. The fraction of sp³-hybridized carbons (Fsp3) is 0.469. The Labute approximate surface area is 249 Å². The van der Waals surface area contributed by atoms with Gasteiger partial charge in [-0.25, -0.2) is 4.98 Å². The molecule has 0 saturated heterocycles. The van der Waals surface area contributed by atoms with E-state index >= 15 is 0 Å². The van der Waals surface area contributed by atoms with E-state index in [0.29, 0.717) is 29.4 Å². The van der Waals surface area contributed by atoms with Gasteiger partial charge in [0.2, 0.25) is 17.8 Å². The number of anilines is 3. The Hall–Kier alpha value is -4.41. The molecule has 1 saturated carbocycles. The van der Waals surface area contributed by atoms with Crippen molar-refractivity contribution in [3.8, 4) is 17.9 Å². The number of rotatable bonds is 11. The van der Waals surface area contributed by atoms with Gasteiger partial charge < -0.3 is 25.8 Å². The van der Waals surface area contributed by atoms with Crippen LogP contribution in [0.1, 0.15) is 57.1 Å². The lowest BCUT2D eigenvalue weighted by Gasteiger charge is -2.30. The summed E-state index contributed by atoms with van der Waals surface area (Å²) in [5, 5.41) is 18.8. The molecule has 1 aromatic heterocycles. The molecule has 1 aromatic carbocycles. The number of amides is 2. The lowest BCUT2D eigenvalue weighted by Crippen LogP contribution is -2.49. The standard InChI is InChI=1S/C32H42N8O2/c1-6-17-34-30-26(22-35-32(38-30)37-28-13-8-11-25(20-28)21-33)16-15-24-10-7-12-27(19-24)36-31(42)23(2)40(5)29(41)14-9-18-39(3)4/h8-9,11,13-14,20,22-24,27H,6-7,10,12,17-19H2,1-5H3,(H,36,42)(H2,34,35,37,38)/b14-9+/t23-,24-,27-/m0/s1. The van der Waals surface area contributed by atoms with Crippen molar-refractivity contribution in [1.82, 2.24) is 25.1 Å². The molecule has 3 rings (SSSR count). The van der Waals surface area contributed by atoms with Crippen LogP contribution in [0, 0.1) is 29.1 Å². The van der Waals surface area contributed by atoms with Gasteiger partial charge in [0.05, 0.1) is 23.4 Å². The highest BCUT2D eigenvalue weighted by molar-refractivity contribution is 5.92. The zero-order valence-corrected chi connectivity index (χ0v) is 25.3. The maximum Gasteiger partial charge on any atom is 0.246 e. The minimum absolute atomic E-state index is 0.00507. The molecule has 3 N–H and O–H groups in total. The second kappa shape index (κ2) is 16.1. The van der Waals surface area contributed by atoms with Gasteiger partial charge in [-0.2, -0.15) is 10.2 Å². The molecule has 1 heterocycles. The number of benzene rings is 1. The molecule has 3 atom stereocenters. The number of nitrogens with zero attached hydrogens (tertiary/aromatic N) is 5. The molecular weight excluding hydrogens is 528 g/mol. The van der Waals surface area contributed by atoms with Gasteiger partial charge in [0.15, 0.2) is 0 Å². The van der Waals surface area contributed by atoms with E-state index in [9.17, 15) is 9.59 Å². The molecule has 1 fully saturated rings. The number of likely N-dealkylation sites (N-methyl/N-ethyl adjacent to an activating group) is 2. The van der Waals surface area contributed by atoms with Gasteiger partial charge in [0.25, 0.3) is 0 Å². The third-order valence-corrected chi connectivity index (χ3v) is 7.05. The van der Waals surface area contributed by atoms with Crippen LogP contribution in [-0.4, -0.2) is 77.9 Å². The van der Waals surface area contributed by atoms with Crippen LogP contribution in [0.2, 0.25) is 0 Å². The van der Waals surface area contributed by atoms with Crippen molar-refractivity contribution in [2.24, 2.45) is 5.92 Å². The van der Waals surface area contributed by atoms with E-state index in [0.717, 1.165) is 44.3 Å². The van der Waals surface area contributed by atoms with E-state index in [1.165, 1.54) is 11.0 Å². The molecule has 0 aliphatic heterocycles. The fourth-order valence-electron chi connectivity index (χ4n) is 4.51. The van der Waals surface area contributed by atoms with Crippen molar-refractivity contribution in [1.29, 1.82) is 5.26 Å². The first-order valence-corrected chi connectivity index (χ1v) is 14.5. The van der Waals surface area contributed by atoms with Gasteiger partial charge in [-0.3, -0.25) is 9.59 Å². The van der Waals surface area contributed by atoms with Gasteiger partial charge in [0, 0.05) is 43.9 Å². The van der Waals surface area contributed by atoms with Crippen LogP contribution in [0.4, 0.5) is 17.5 Å². The Morgan fingerprint density at radius 3 is 2.79 bits per heavy atom. The molecule has 222 valence electrons. The predicted octanol–water partition coefficient (Wildman–Crippen LogP) is 3.90. The zero-order chi connectivity index (χ0) is 30.5. The molecule has 1 aliphatic carbocycles. The molecule has 1 aliphatic rings. The number of hydrogen-bond donors (Lipinski definition) is 3. The Kier molecular flexibility index (Phi) is 12.3. The van der Waals surface area contributed by atoms with Crippen molar-refractivity contribution in [3.05, 3.63) is 53.7 Å². The van der Waals surface area contributed by atoms with Crippen molar-refractivity contribution < 1.29 is 9.59 Å². The molecular formula is C32H42N8O2. The second-order valence-corrected chi connectivity index (χ2v) is 10.8. The van der Waals surface area contributed by atoms with E-state index in [4.69, 9.17) is 5.26 Å². The van der Waals surface area contributed by atoms with E-state index in [2.05, 4.69) is 50.8 Å². The highest BCUT2D eigenvalue weighted by atomic mass is 16.2. The number of carbonyl (C=O) groups excluding carboxylic acids is 2. The summed E-state index contributed by atoms with van der Waals surface area (Å²) in [6, 6.07) is 8.71. The maximum atomic E-state index is 12.9. The van der Waals surface area contributed by atoms with Crippen molar-refractivity contribution >= 4 is 29.3 Å². The fourth-order valence-corrected chi connectivity index (χ4v) is 4.51. The summed E-state index contributed by atoms with van der Waals surface area (Å²) < 4.78 is 0. The quantitative estimate of drug-likeness (QED) is 0.274. The van der Waals surface area contributed by atoms with Gasteiger partial charge >= 0.3 is 0 Å². The number of carbonyl (C=O) groups is 2. The summed E-state index contributed by atoms with van der Waals surface area (Å²) in [6.07, 6.45) is 9.49. The highest BCUT2D eigenvalue weighted by Crippen LogP contribution is 2.25. The van der Waals surface area contributed by atoms with Crippen molar-refractivity contribution in [2.75, 3.05) is 44.9 Å².